The Morgan fingerprint density at radius 2 is 1.85 bits per heavy atom. The molecule has 0 aliphatic heterocycles. The molecule has 0 atom stereocenters. The van der Waals surface area contributed by atoms with Crippen molar-refractivity contribution in [2.45, 2.75) is 51.0 Å². The molecule has 6 heteroatoms. The number of nitrogens with zero attached hydrogens (tertiary/aromatic N) is 2. The summed E-state index contributed by atoms with van der Waals surface area (Å²) >= 11 is 1.38. The fourth-order valence-corrected chi connectivity index (χ4v) is 5.04. The number of nitrogens with one attached hydrogen (secondary N) is 1. The predicted octanol–water partition coefficient (Wildman–Crippen LogP) is 6.50. The van der Waals surface area contributed by atoms with Crippen molar-refractivity contribution in [3.8, 4) is 10.6 Å². The molecule has 0 radical (unpaired) electrons. The minimum atomic E-state index is -0.459. The summed E-state index contributed by atoms with van der Waals surface area (Å²) in [6, 6.07) is 19.1. The van der Waals surface area contributed by atoms with E-state index >= 15 is 4.39 Å². The molecule has 1 saturated carbocycles. The number of fused-ring (bicyclic) bond motifs is 1. The maximum absolute atomic E-state index is 15.0. The molecule has 1 N–H and O–H groups in total. The van der Waals surface area contributed by atoms with Crippen molar-refractivity contribution in [3.63, 3.8) is 0 Å². The molecule has 0 spiro atoms. The van der Waals surface area contributed by atoms with Crippen molar-refractivity contribution in [3.05, 3.63) is 83.3 Å². The van der Waals surface area contributed by atoms with Gasteiger partial charge in [-0.3, -0.25) is 4.79 Å². The molecule has 5 rings (SSSR count). The van der Waals surface area contributed by atoms with Gasteiger partial charge in [0.1, 0.15) is 21.2 Å². The van der Waals surface area contributed by atoms with Gasteiger partial charge in [-0.25, -0.2) is 14.4 Å². The van der Waals surface area contributed by atoms with Crippen molar-refractivity contribution in [2.75, 3.05) is 0 Å². The number of thiazole rings is 1. The quantitative estimate of drug-likeness (QED) is 0.358. The molecule has 1 amide bonds. The van der Waals surface area contributed by atoms with Crippen LogP contribution in [0.1, 0.15) is 61.6 Å². The molecule has 2 aromatic heterocycles. The summed E-state index contributed by atoms with van der Waals surface area (Å²) in [6.45, 7) is 5.89. The van der Waals surface area contributed by atoms with E-state index in [1.54, 1.807) is 12.1 Å². The highest BCUT2D eigenvalue weighted by Crippen LogP contribution is 2.53. The highest BCUT2D eigenvalue weighted by Gasteiger charge is 2.47. The summed E-state index contributed by atoms with van der Waals surface area (Å²) in [6.07, 6.45) is 2.94. The number of rotatable bonds is 6. The summed E-state index contributed by atoms with van der Waals surface area (Å²) in [5.74, 6) is -0.738. The van der Waals surface area contributed by atoms with Crippen LogP contribution in [0.15, 0.2) is 60.7 Å². The van der Waals surface area contributed by atoms with Gasteiger partial charge in [-0.1, -0.05) is 48.6 Å². The van der Waals surface area contributed by atoms with Gasteiger partial charge in [-0.15, -0.1) is 0 Å². The number of carbonyl (C=O) groups is 1. The standard InChI is InChI=1S/C27H26FN3OS/c1-4-26(2,3)31-23(32)17-10-11-19(20(28)16-17)24-29-21-12-13-22(30-25(21)33-24)27(14-15-27)18-8-6-5-7-9-18/h5-13,16H,4,14-15H2,1-3H3,(H,31,32). The Balaban J connectivity index is 1.45. The van der Waals surface area contributed by atoms with Crippen LogP contribution in [0.4, 0.5) is 4.39 Å². The molecule has 4 nitrogen and oxygen atoms in total. The summed E-state index contributed by atoms with van der Waals surface area (Å²) in [4.78, 5) is 22.9. The first-order chi connectivity index (χ1) is 15.8. The second-order valence-corrected chi connectivity index (χ2v) is 10.4. The highest BCUT2D eigenvalue weighted by molar-refractivity contribution is 7.21. The molecule has 4 aromatic rings. The molecule has 1 aliphatic rings. The Bertz CT molecular complexity index is 1340. The maximum Gasteiger partial charge on any atom is 0.251 e. The molecular weight excluding hydrogens is 433 g/mol. The molecule has 0 bridgehead atoms. The second-order valence-electron chi connectivity index (χ2n) is 9.37. The van der Waals surface area contributed by atoms with Crippen molar-refractivity contribution in [1.29, 1.82) is 0 Å². The molecule has 168 valence electrons. The number of pyridine rings is 1. The number of halogens is 1. The summed E-state index contributed by atoms with van der Waals surface area (Å²) in [7, 11) is 0. The molecular formula is C27H26FN3OS. The van der Waals surface area contributed by atoms with Gasteiger partial charge in [-0.05, 0) is 69.0 Å². The predicted molar refractivity (Wildman–Crippen MR) is 131 cm³/mol. The average Bonchev–Trinajstić information content (AvgIpc) is 3.52. The molecule has 1 fully saturated rings. The number of hydrogen-bond donors (Lipinski definition) is 1. The minimum Gasteiger partial charge on any atom is -0.347 e. The van der Waals surface area contributed by atoms with Gasteiger partial charge in [0.05, 0.1) is 5.69 Å². The van der Waals surface area contributed by atoms with Crippen LogP contribution in [-0.4, -0.2) is 21.4 Å². The van der Waals surface area contributed by atoms with Gasteiger partial charge in [0, 0.05) is 22.1 Å². The van der Waals surface area contributed by atoms with Crippen LogP contribution in [0.5, 0.6) is 0 Å². The van der Waals surface area contributed by atoms with Gasteiger partial charge in [-0.2, -0.15) is 0 Å². The Hall–Kier alpha value is -3.12. The summed E-state index contributed by atoms with van der Waals surface area (Å²) < 4.78 is 15.0. The van der Waals surface area contributed by atoms with Crippen LogP contribution >= 0.6 is 11.3 Å². The van der Waals surface area contributed by atoms with E-state index in [1.807, 2.05) is 39.0 Å². The number of benzene rings is 2. The largest absolute Gasteiger partial charge is 0.347 e. The van der Waals surface area contributed by atoms with E-state index in [4.69, 9.17) is 4.98 Å². The Morgan fingerprint density at radius 3 is 2.52 bits per heavy atom. The zero-order chi connectivity index (χ0) is 23.2. The molecule has 33 heavy (non-hydrogen) atoms. The molecule has 2 heterocycles. The van der Waals surface area contributed by atoms with Crippen molar-refractivity contribution < 1.29 is 9.18 Å². The normalized spacial score (nSPS) is 14.9. The van der Waals surface area contributed by atoms with Gasteiger partial charge >= 0.3 is 0 Å². The zero-order valence-electron chi connectivity index (χ0n) is 19.0. The maximum atomic E-state index is 15.0. The van der Waals surface area contributed by atoms with Crippen molar-refractivity contribution in [1.82, 2.24) is 15.3 Å². The van der Waals surface area contributed by atoms with E-state index in [1.165, 1.54) is 23.0 Å². The topological polar surface area (TPSA) is 54.9 Å². The van der Waals surface area contributed by atoms with Crippen LogP contribution in [-0.2, 0) is 5.41 Å². The van der Waals surface area contributed by atoms with Crippen LogP contribution < -0.4 is 5.32 Å². The van der Waals surface area contributed by atoms with E-state index in [0.717, 1.165) is 35.3 Å². The third-order valence-corrected chi connectivity index (χ3v) is 7.62. The lowest BCUT2D eigenvalue weighted by Gasteiger charge is -2.24. The first-order valence-corrected chi connectivity index (χ1v) is 12.1. The fraction of sp³-hybridized carbons (Fsp3) is 0.296. The smallest absolute Gasteiger partial charge is 0.251 e. The number of carbonyl (C=O) groups excluding carboxylic acids is 1. The lowest BCUT2D eigenvalue weighted by Crippen LogP contribution is -2.42. The highest BCUT2D eigenvalue weighted by atomic mass is 32.1. The van der Waals surface area contributed by atoms with Crippen molar-refractivity contribution in [2.24, 2.45) is 0 Å². The Morgan fingerprint density at radius 1 is 1.09 bits per heavy atom. The molecule has 0 saturated heterocycles. The third kappa shape index (κ3) is 4.04. The molecule has 2 aromatic carbocycles. The van der Waals surface area contributed by atoms with E-state index in [-0.39, 0.29) is 16.9 Å². The van der Waals surface area contributed by atoms with Crippen molar-refractivity contribution >= 4 is 27.6 Å². The monoisotopic (exact) mass is 459 g/mol. The fourth-order valence-electron chi connectivity index (χ4n) is 4.07. The van der Waals surface area contributed by atoms with Crippen LogP contribution in [0.25, 0.3) is 20.9 Å². The number of amides is 1. The summed E-state index contributed by atoms with van der Waals surface area (Å²) in [5.41, 5.74) is 3.41. The van der Waals surface area contributed by atoms with E-state index in [2.05, 4.69) is 34.6 Å². The van der Waals surface area contributed by atoms with E-state index in [9.17, 15) is 4.79 Å². The van der Waals surface area contributed by atoms with Crippen LogP contribution in [0, 0.1) is 5.82 Å². The Kier molecular flexibility index (Phi) is 5.28. The Labute approximate surface area is 196 Å². The van der Waals surface area contributed by atoms with Gasteiger partial charge in [0.2, 0.25) is 0 Å². The van der Waals surface area contributed by atoms with E-state index < -0.39 is 5.82 Å². The van der Waals surface area contributed by atoms with Crippen LogP contribution in [0.2, 0.25) is 0 Å². The van der Waals surface area contributed by atoms with Gasteiger partial charge < -0.3 is 5.32 Å². The van der Waals surface area contributed by atoms with Gasteiger partial charge in [0.25, 0.3) is 5.91 Å². The van der Waals surface area contributed by atoms with Gasteiger partial charge in [0.15, 0.2) is 0 Å². The lowest BCUT2D eigenvalue weighted by molar-refractivity contribution is 0.0911. The molecule has 1 aliphatic carbocycles. The van der Waals surface area contributed by atoms with Crippen LogP contribution in [0.3, 0.4) is 0 Å². The SMILES string of the molecule is CCC(C)(C)NC(=O)c1ccc(-c2nc3ccc(C4(c5ccccc5)CC4)nc3s2)c(F)c1. The molecule has 0 unspecified atom stereocenters. The number of hydrogen-bond acceptors (Lipinski definition) is 4. The zero-order valence-corrected chi connectivity index (χ0v) is 19.8. The average molecular weight is 460 g/mol. The van der Waals surface area contributed by atoms with E-state index in [0.29, 0.717) is 16.1 Å². The summed E-state index contributed by atoms with van der Waals surface area (Å²) in [5, 5.41) is 3.51. The lowest BCUT2D eigenvalue weighted by atomic mass is 9.92. The number of aromatic nitrogens is 2. The second kappa shape index (κ2) is 8.03. The first kappa shape index (κ1) is 21.7. The third-order valence-electron chi connectivity index (χ3n) is 6.62. The minimum absolute atomic E-state index is 0.0217. The first-order valence-electron chi connectivity index (χ1n) is 11.3.